The van der Waals surface area contributed by atoms with Gasteiger partial charge in [-0.15, -0.1) is 0 Å². The van der Waals surface area contributed by atoms with Gasteiger partial charge in [0.25, 0.3) is 6.71 Å². The molecule has 14 aromatic carbocycles. The summed E-state index contributed by atoms with van der Waals surface area (Å²) >= 11 is 1.91. The Morgan fingerprint density at radius 3 is 1.25 bits per heavy atom. The Morgan fingerprint density at radius 1 is 0.247 bits per heavy atom. The summed E-state index contributed by atoms with van der Waals surface area (Å²) < 4.78 is 0. The molecule has 0 radical (unpaired) electrons. The first kappa shape index (κ1) is 54.5. The highest BCUT2D eigenvalue weighted by molar-refractivity contribution is 8.00. The minimum atomic E-state index is -0.140. The molecule has 0 aliphatic carbocycles. The van der Waals surface area contributed by atoms with Gasteiger partial charge in [0.15, 0.2) is 0 Å². The number of hydrogen-bond acceptors (Lipinski definition) is 6. The molecular weight excluding hydrogens is 1140 g/mol. The molecule has 0 bridgehead atoms. The molecule has 0 saturated heterocycles. The van der Waals surface area contributed by atoms with Crippen LogP contribution in [-0.4, -0.2) is 13.4 Å². The molecule has 0 atom stereocenters. The first-order chi connectivity index (χ1) is 46.1. The second kappa shape index (κ2) is 22.5. The van der Waals surface area contributed by atoms with E-state index in [0.29, 0.717) is 0 Å². The number of para-hydroxylation sites is 7. The van der Waals surface area contributed by atoms with Gasteiger partial charge >= 0.3 is 0 Å². The average Bonchev–Trinajstić information content (AvgIpc) is 0.691. The number of aryl methyl sites for hydroxylation is 1. The molecule has 0 amide bonds. The molecular formula is C85H59B2N5S. The Kier molecular flexibility index (Phi) is 13.2. The van der Waals surface area contributed by atoms with Crippen molar-refractivity contribution in [3.8, 4) is 22.3 Å². The van der Waals surface area contributed by atoms with Crippen LogP contribution in [-0.2, 0) is 0 Å². The normalized spacial score (nSPS) is 12.8. The van der Waals surface area contributed by atoms with E-state index >= 15 is 0 Å². The largest absolute Gasteiger partial charge is 0.311 e. The Bertz CT molecular complexity index is 5130. The van der Waals surface area contributed by atoms with Gasteiger partial charge in [-0.25, -0.2) is 0 Å². The van der Waals surface area contributed by atoms with E-state index in [4.69, 9.17) is 0 Å². The van der Waals surface area contributed by atoms with Gasteiger partial charge in [0, 0.05) is 89.4 Å². The van der Waals surface area contributed by atoms with E-state index in [1.54, 1.807) is 0 Å². The highest BCUT2D eigenvalue weighted by atomic mass is 32.2. The summed E-state index contributed by atoms with van der Waals surface area (Å²) in [7, 11) is 0. The summed E-state index contributed by atoms with van der Waals surface area (Å²) in [6.45, 7) is 2.05. The van der Waals surface area contributed by atoms with Gasteiger partial charge in [-0.3, -0.25) is 0 Å². The van der Waals surface area contributed by atoms with Gasteiger partial charge in [0.1, 0.15) is 0 Å². The standard InChI is InChI=1S/C85H59B2N5S/c1-58-27-20-23-44-75(58)92-78-57-82-74(87-72-43-22-25-46-77(72)91(66-39-18-7-19-40-66)81-54-70(55-83(93-82)85(81)87)88(63-33-12-4-13-34-63)64-35-14-5-15-36-64)56-73(78)86-71-42-21-24-45-76(71)90(65-37-16-6-17-38-65)79-52-69(53-80(92)84(79)86)89(67-49-47-61(48-50-67)59-28-8-2-9-29-59)68-41-26-32-62(51-68)60-30-10-3-11-31-60/h2-57H,1H3. The van der Waals surface area contributed by atoms with Gasteiger partial charge in [-0.1, -0.05) is 236 Å². The van der Waals surface area contributed by atoms with E-state index in [-0.39, 0.29) is 13.4 Å². The summed E-state index contributed by atoms with van der Waals surface area (Å²) in [6, 6.07) is 126. The summed E-state index contributed by atoms with van der Waals surface area (Å²) in [6.07, 6.45) is 0. The molecule has 93 heavy (non-hydrogen) atoms. The summed E-state index contributed by atoms with van der Waals surface area (Å²) in [5.74, 6) is 0. The van der Waals surface area contributed by atoms with Crippen molar-refractivity contribution >= 4 is 143 Å². The van der Waals surface area contributed by atoms with Gasteiger partial charge in [-0.2, -0.15) is 0 Å². The van der Waals surface area contributed by atoms with Crippen molar-refractivity contribution < 1.29 is 0 Å². The van der Waals surface area contributed by atoms with Crippen molar-refractivity contribution in [3.63, 3.8) is 0 Å². The lowest BCUT2D eigenvalue weighted by molar-refractivity contribution is 1.21. The molecule has 0 aromatic heterocycles. The lowest BCUT2D eigenvalue weighted by atomic mass is 9.31. The van der Waals surface area contributed by atoms with Crippen molar-refractivity contribution in [2.75, 3.05) is 24.5 Å². The first-order valence-corrected chi connectivity index (χ1v) is 32.9. The third-order valence-electron chi connectivity index (χ3n) is 19.1. The third kappa shape index (κ3) is 9.11. The summed E-state index contributed by atoms with van der Waals surface area (Å²) in [4.78, 5) is 15.0. The Hall–Kier alpha value is -11.4. The van der Waals surface area contributed by atoms with E-state index in [9.17, 15) is 0 Å². The molecule has 0 spiro atoms. The summed E-state index contributed by atoms with van der Waals surface area (Å²) in [5, 5.41) is 0. The number of fused-ring (bicyclic) bond motifs is 8. The highest BCUT2D eigenvalue weighted by Gasteiger charge is 2.48. The van der Waals surface area contributed by atoms with Crippen LogP contribution >= 0.6 is 11.8 Å². The topological polar surface area (TPSA) is 16.2 Å². The van der Waals surface area contributed by atoms with Crippen molar-refractivity contribution in [1.82, 2.24) is 0 Å². The highest BCUT2D eigenvalue weighted by Crippen LogP contribution is 2.52. The Labute approximate surface area is 548 Å². The maximum Gasteiger partial charge on any atom is 0.252 e. The predicted molar refractivity (Wildman–Crippen MR) is 395 cm³/mol. The van der Waals surface area contributed by atoms with E-state index in [2.05, 4.69) is 371 Å². The minimum Gasteiger partial charge on any atom is -0.311 e. The van der Waals surface area contributed by atoms with Crippen LogP contribution in [0.4, 0.5) is 85.3 Å². The maximum atomic E-state index is 2.64. The summed E-state index contributed by atoms with van der Waals surface area (Å²) in [5.41, 5.74) is 30.4. The van der Waals surface area contributed by atoms with Crippen molar-refractivity contribution in [2.45, 2.75) is 16.7 Å². The Morgan fingerprint density at radius 2 is 0.667 bits per heavy atom. The van der Waals surface area contributed by atoms with Crippen LogP contribution in [0, 0.1) is 6.92 Å². The zero-order valence-corrected chi connectivity index (χ0v) is 51.9. The molecule has 4 heterocycles. The lowest BCUT2D eigenvalue weighted by Crippen LogP contribution is -2.64. The number of hydrogen-bond donors (Lipinski definition) is 0. The van der Waals surface area contributed by atoms with Crippen LogP contribution in [0.15, 0.2) is 350 Å². The third-order valence-corrected chi connectivity index (χ3v) is 20.3. The molecule has 436 valence electrons. The molecule has 14 aromatic rings. The molecule has 0 N–H and O–H groups in total. The quantitative estimate of drug-likeness (QED) is 0.119. The van der Waals surface area contributed by atoms with Crippen molar-refractivity contribution in [1.29, 1.82) is 0 Å². The van der Waals surface area contributed by atoms with Crippen LogP contribution in [0.2, 0.25) is 0 Å². The fourth-order valence-corrected chi connectivity index (χ4v) is 16.3. The molecule has 8 heteroatoms. The van der Waals surface area contributed by atoms with E-state index in [1.807, 2.05) is 11.8 Å². The zero-order chi connectivity index (χ0) is 61.5. The van der Waals surface area contributed by atoms with Crippen LogP contribution in [0.25, 0.3) is 22.3 Å². The smallest absolute Gasteiger partial charge is 0.252 e. The molecule has 0 unspecified atom stereocenters. The first-order valence-electron chi connectivity index (χ1n) is 32.0. The second-order valence-electron chi connectivity index (χ2n) is 24.4. The number of benzene rings is 14. The SMILES string of the molecule is Cc1ccccc1N1c2cc3c(cc2B2c4ccccc4N(c4ccccc4)c4cc(N(c5ccc(-c6ccccc6)cc5)c5cccc(-c6ccccc6)c5)cc1c42)B1c2ccccc2N(c2ccccc2)c2cc(N(c4ccccc4)c4ccccc4)cc(c21)S3. The van der Waals surface area contributed by atoms with Gasteiger partial charge in [-0.05, 0) is 183 Å². The second-order valence-corrected chi connectivity index (χ2v) is 25.5. The number of rotatable bonds is 11. The van der Waals surface area contributed by atoms with Gasteiger partial charge in [0.2, 0.25) is 6.71 Å². The molecule has 5 nitrogen and oxygen atoms in total. The molecule has 0 fully saturated rings. The molecule has 4 aliphatic rings. The lowest BCUT2D eigenvalue weighted by Gasteiger charge is -2.46. The van der Waals surface area contributed by atoms with E-state index < -0.39 is 0 Å². The van der Waals surface area contributed by atoms with E-state index in [1.165, 1.54) is 87.6 Å². The average molecular weight is 1200 g/mol. The fraction of sp³-hybridized carbons (Fsp3) is 0.0118. The van der Waals surface area contributed by atoms with Crippen LogP contribution < -0.4 is 57.3 Å². The molecule has 0 saturated carbocycles. The van der Waals surface area contributed by atoms with Gasteiger partial charge in [0.05, 0.1) is 5.69 Å². The minimum absolute atomic E-state index is 0.0769. The predicted octanol–water partition coefficient (Wildman–Crippen LogP) is 19.1. The monoisotopic (exact) mass is 1200 g/mol. The van der Waals surface area contributed by atoms with Crippen LogP contribution in [0.1, 0.15) is 5.56 Å². The van der Waals surface area contributed by atoms with Crippen LogP contribution in [0.3, 0.4) is 0 Å². The fourth-order valence-electron chi connectivity index (χ4n) is 15.1. The van der Waals surface area contributed by atoms with Gasteiger partial charge < -0.3 is 24.5 Å². The maximum absolute atomic E-state index is 2.64. The number of nitrogens with zero attached hydrogens (tertiary/aromatic N) is 5. The molecule has 18 rings (SSSR count). The van der Waals surface area contributed by atoms with Crippen molar-refractivity contribution in [3.05, 3.63) is 345 Å². The van der Waals surface area contributed by atoms with Crippen LogP contribution in [0.5, 0.6) is 0 Å². The molecule has 4 aliphatic heterocycles. The zero-order valence-electron chi connectivity index (χ0n) is 51.1. The number of anilines is 15. The van der Waals surface area contributed by atoms with Crippen molar-refractivity contribution in [2.24, 2.45) is 0 Å². The Balaban J connectivity index is 0.908. The van der Waals surface area contributed by atoms with E-state index in [0.717, 1.165) is 68.1 Å².